The Morgan fingerprint density at radius 1 is 1.41 bits per heavy atom. The van der Waals surface area contributed by atoms with Crippen LogP contribution in [0.4, 0.5) is 0 Å². The molecule has 0 saturated carbocycles. The van der Waals surface area contributed by atoms with Gasteiger partial charge in [-0.15, -0.1) is 11.3 Å². The number of ether oxygens (including phenoxy) is 1. The van der Waals surface area contributed by atoms with Gasteiger partial charge in [-0.2, -0.15) is 4.31 Å². The van der Waals surface area contributed by atoms with E-state index in [1.807, 2.05) is 19.2 Å². The first-order valence-corrected chi connectivity index (χ1v) is 9.48. The predicted octanol–water partition coefficient (Wildman–Crippen LogP) is 1.87. The molecule has 1 aliphatic heterocycles. The van der Waals surface area contributed by atoms with Gasteiger partial charge in [-0.25, -0.2) is 13.2 Å². The van der Waals surface area contributed by atoms with Gasteiger partial charge >= 0.3 is 5.97 Å². The van der Waals surface area contributed by atoms with E-state index < -0.39 is 16.0 Å². The molecule has 1 N–H and O–H groups in total. The number of thiophene rings is 1. The number of aryl methyl sites for hydroxylation is 2. The van der Waals surface area contributed by atoms with Crippen LogP contribution in [-0.2, 0) is 19.6 Å². The lowest BCUT2D eigenvalue weighted by Gasteiger charge is -2.31. The topological polar surface area (TPSA) is 83.9 Å². The first-order chi connectivity index (χ1) is 10.3. The Kier molecular flexibility index (Phi) is 5.60. The molecule has 0 bridgehead atoms. The molecule has 1 aliphatic rings. The summed E-state index contributed by atoms with van der Waals surface area (Å²) < 4.78 is 32.1. The van der Waals surface area contributed by atoms with Gasteiger partial charge in [0.15, 0.2) is 0 Å². The highest BCUT2D eigenvalue weighted by Gasteiger charge is 2.32. The minimum absolute atomic E-state index is 0.218. The third-order valence-corrected chi connectivity index (χ3v) is 7.19. The third kappa shape index (κ3) is 3.87. The SMILES string of the molecule is Cc1csc(C)c1S(=O)(=O)N1CCC(COCC(=O)O)CC1. The van der Waals surface area contributed by atoms with E-state index in [4.69, 9.17) is 9.84 Å². The lowest BCUT2D eigenvalue weighted by atomic mass is 9.99. The Balaban J connectivity index is 1.95. The zero-order chi connectivity index (χ0) is 16.3. The molecule has 0 atom stereocenters. The van der Waals surface area contributed by atoms with Crippen molar-refractivity contribution in [2.75, 3.05) is 26.3 Å². The van der Waals surface area contributed by atoms with E-state index in [0.29, 0.717) is 37.4 Å². The Morgan fingerprint density at radius 2 is 2.05 bits per heavy atom. The molecule has 1 fully saturated rings. The van der Waals surface area contributed by atoms with E-state index in [0.717, 1.165) is 10.4 Å². The Labute approximate surface area is 134 Å². The van der Waals surface area contributed by atoms with Crippen LogP contribution in [0, 0.1) is 19.8 Å². The van der Waals surface area contributed by atoms with E-state index in [1.165, 1.54) is 15.6 Å². The molecule has 1 saturated heterocycles. The molecule has 1 aromatic heterocycles. The summed E-state index contributed by atoms with van der Waals surface area (Å²) in [5.74, 6) is -0.765. The third-order valence-electron chi connectivity index (χ3n) is 3.84. The number of hydrogen-bond acceptors (Lipinski definition) is 5. The van der Waals surface area contributed by atoms with Gasteiger partial charge in [0.25, 0.3) is 0 Å². The lowest BCUT2D eigenvalue weighted by Crippen LogP contribution is -2.39. The van der Waals surface area contributed by atoms with Crippen LogP contribution in [-0.4, -0.2) is 50.1 Å². The van der Waals surface area contributed by atoms with Crippen molar-refractivity contribution in [2.24, 2.45) is 5.92 Å². The molecule has 1 aromatic rings. The standard InChI is InChI=1S/C14H21NO5S2/c1-10-9-21-11(2)14(10)22(18,19)15-5-3-12(4-6-15)7-20-8-13(16)17/h9,12H,3-8H2,1-2H3,(H,16,17). The number of carboxylic acids is 1. The van der Waals surface area contributed by atoms with Crippen molar-refractivity contribution < 1.29 is 23.1 Å². The molecule has 22 heavy (non-hydrogen) atoms. The van der Waals surface area contributed by atoms with Gasteiger partial charge in [0.2, 0.25) is 10.0 Å². The van der Waals surface area contributed by atoms with Crippen molar-refractivity contribution >= 4 is 27.3 Å². The summed E-state index contributed by atoms with van der Waals surface area (Å²) in [6.45, 7) is 4.64. The Bertz CT molecular complexity index is 610. The molecule has 124 valence electrons. The number of carbonyl (C=O) groups is 1. The quantitative estimate of drug-likeness (QED) is 0.849. The number of carboxylic acid groups (broad SMARTS) is 1. The van der Waals surface area contributed by atoms with Crippen LogP contribution < -0.4 is 0 Å². The smallest absolute Gasteiger partial charge is 0.329 e. The number of aliphatic carboxylic acids is 1. The maximum Gasteiger partial charge on any atom is 0.329 e. The van der Waals surface area contributed by atoms with Crippen LogP contribution in [0.1, 0.15) is 23.3 Å². The molecule has 0 aliphatic carbocycles. The van der Waals surface area contributed by atoms with E-state index in [9.17, 15) is 13.2 Å². The number of piperidine rings is 1. The molecule has 6 nitrogen and oxygen atoms in total. The second-order valence-electron chi connectivity index (χ2n) is 5.56. The lowest BCUT2D eigenvalue weighted by molar-refractivity contribution is -0.142. The summed E-state index contributed by atoms with van der Waals surface area (Å²) in [5, 5.41) is 10.4. The van der Waals surface area contributed by atoms with Crippen LogP contribution >= 0.6 is 11.3 Å². The van der Waals surface area contributed by atoms with Crippen LogP contribution in [0.5, 0.6) is 0 Å². The molecule has 0 spiro atoms. The molecule has 2 rings (SSSR count). The molecule has 2 heterocycles. The van der Waals surface area contributed by atoms with Crippen molar-refractivity contribution in [1.82, 2.24) is 4.31 Å². The fraction of sp³-hybridized carbons (Fsp3) is 0.643. The molecular formula is C14H21NO5S2. The van der Waals surface area contributed by atoms with E-state index in [1.54, 1.807) is 0 Å². The van der Waals surface area contributed by atoms with E-state index in [-0.39, 0.29) is 12.5 Å². The van der Waals surface area contributed by atoms with Crippen molar-refractivity contribution in [2.45, 2.75) is 31.6 Å². The minimum atomic E-state index is -3.43. The molecule has 0 unspecified atom stereocenters. The molecule has 0 radical (unpaired) electrons. The van der Waals surface area contributed by atoms with Crippen molar-refractivity contribution in [3.63, 3.8) is 0 Å². The molecule has 8 heteroatoms. The largest absolute Gasteiger partial charge is 0.480 e. The number of sulfonamides is 1. The monoisotopic (exact) mass is 347 g/mol. The first-order valence-electron chi connectivity index (χ1n) is 7.16. The Morgan fingerprint density at radius 3 is 2.55 bits per heavy atom. The summed E-state index contributed by atoms with van der Waals surface area (Å²) in [6.07, 6.45) is 1.39. The van der Waals surface area contributed by atoms with Crippen LogP contribution in [0.3, 0.4) is 0 Å². The van der Waals surface area contributed by atoms with Gasteiger partial charge in [0.05, 0.1) is 11.5 Å². The maximum absolute atomic E-state index is 12.7. The summed E-state index contributed by atoms with van der Waals surface area (Å²) in [7, 11) is -3.43. The van der Waals surface area contributed by atoms with Crippen LogP contribution in [0.15, 0.2) is 10.3 Å². The average molecular weight is 347 g/mol. The highest BCUT2D eigenvalue weighted by molar-refractivity contribution is 7.89. The van der Waals surface area contributed by atoms with E-state index in [2.05, 4.69) is 0 Å². The zero-order valence-corrected chi connectivity index (χ0v) is 14.4. The molecular weight excluding hydrogens is 326 g/mol. The van der Waals surface area contributed by atoms with Crippen LogP contribution in [0.25, 0.3) is 0 Å². The fourth-order valence-electron chi connectivity index (χ4n) is 2.70. The van der Waals surface area contributed by atoms with Crippen LogP contribution in [0.2, 0.25) is 0 Å². The summed E-state index contributed by atoms with van der Waals surface area (Å²) in [4.78, 5) is 11.7. The Hall–Kier alpha value is -0.960. The summed E-state index contributed by atoms with van der Waals surface area (Å²) in [5.41, 5.74) is 0.800. The predicted molar refractivity (Wildman–Crippen MR) is 83.7 cm³/mol. The summed E-state index contributed by atoms with van der Waals surface area (Å²) >= 11 is 1.45. The fourth-order valence-corrected chi connectivity index (χ4v) is 5.76. The van der Waals surface area contributed by atoms with E-state index >= 15 is 0 Å². The van der Waals surface area contributed by atoms with Crippen molar-refractivity contribution in [3.8, 4) is 0 Å². The zero-order valence-electron chi connectivity index (χ0n) is 12.7. The minimum Gasteiger partial charge on any atom is -0.480 e. The average Bonchev–Trinajstić information content (AvgIpc) is 2.79. The number of rotatable bonds is 6. The van der Waals surface area contributed by atoms with Gasteiger partial charge in [-0.1, -0.05) is 0 Å². The first kappa shape index (κ1) is 17.4. The second kappa shape index (κ2) is 7.08. The summed E-state index contributed by atoms with van der Waals surface area (Å²) in [6, 6.07) is 0. The second-order valence-corrected chi connectivity index (χ2v) is 8.52. The van der Waals surface area contributed by atoms with Gasteiger partial charge < -0.3 is 9.84 Å². The van der Waals surface area contributed by atoms with Gasteiger partial charge in [-0.3, -0.25) is 0 Å². The highest BCUT2D eigenvalue weighted by atomic mass is 32.2. The van der Waals surface area contributed by atoms with Crippen molar-refractivity contribution in [1.29, 1.82) is 0 Å². The maximum atomic E-state index is 12.7. The molecule has 0 amide bonds. The van der Waals surface area contributed by atoms with Gasteiger partial charge in [0.1, 0.15) is 6.61 Å². The highest BCUT2D eigenvalue weighted by Crippen LogP contribution is 2.31. The van der Waals surface area contributed by atoms with Gasteiger partial charge in [-0.05, 0) is 43.6 Å². The van der Waals surface area contributed by atoms with Gasteiger partial charge in [0, 0.05) is 18.0 Å². The van der Waals surface area contributed by atoms with Crippen molar-refractivity contribution in [3.05, 3.63) is 15.8 Å². The molecule has 0 aromatic carbocycles. The normalized spacial score (nSPS) is 17.7. The number of nitrogens with zero attached hydrogens (tertiary/aromatic N) is 1. The number of hydrogen-bond donors (Lipinski definition) is 1.